The Morgan fingerprint density at radius 1 is 1.02 bits per heavy atom. The fourth-order valence-electron chi connectivity index (χ4n) is 10.9. The van der Waals surface area contributed by atoms with E-state index >= 15 is 0 Å². The minimum Gasteiger partial charge on any atom is -0.482 e. The molecule has 252 valence electrons. The lowest BCUT2D eigenvalue weighted by molar-refractivity contribution is -0.153. The molecule has 1 heterocycles. The summed E-state index contributed by atoms with van der Waals surface area (Å²) in [4.78, 5) is 25.0. The van der Waals surface area contributed by atoms with Crippen molar-refractivity contribution in [1.82, 2.24) is 0 Å². The molecule has 3 fully saturated rings. The molecule has 1 aromatic heterocycles. The predicted molar refractivity (Wildman–Crippen MR) is 185 cm³/mol. The van der Waals surface area contributed by atoms with Gasteiger partial charge in [0.15, 0.2) is 6.61 Å². The maximum absolute atomic E-state index is 12.9. The van der Waals surface area contributed by atoms with Crippen LogP contribution in [0.5, 0.6) is 5.75 Å². The van der Waals surface area contributed by atoms with E-state index in [9.17, 15) is 9.59 Å². The lowest BCUT2D eigenvalue weighted by Crippen LogP contribution is -2.51. The number of carbonyl (C=O) groups is 1. The molecule has 0 aliphatic heterocycles. The van der Waals surface area contributed by atoms with Gasteiger partial charge in [-0.2, -0.15) is 0 Å². The third-order valence-corrected chi connectivity index (χ3v) is 13.2. The molecule has 2 aromatic rings. The summed E-state index contributed by atoms with van der Waals surface area (Å²) in [6.07, 6.45) is 18.0. The van der Waals surface area contributed by atoms with Gasteiger partial charge in [-0.15, -0.1) is 0 Å². The van der Waals surface area contributed by atoms with Crippen molar-refractivity contribution in [1.29, 1.82) is 0 Å². The van der Waals surface area contributed by atoms with Gasteiger partial charge in [0.05, 0.1) is 0 Å². The highest BCUT2D eigenvalue weighted by atomic mass is 16.6. The molecule has 0 amide bonds. The number of esters is 1. The quantitative estimate of drug-likeness (QED) is 0.140. The number of ether oxygens (including phenoxy) is 2. The molecule has 46 heavy (non-hydrogen) atoms. The van der Waals surface area contributed by atoms with Gasteiger partial charge in [-0.25, -0.2) is 9.59 Å². The molecule has 6 rings (SSSR count). The SMILES string of the molecule is CCCc1cc(=O)oc2cc(OCC(=O)O[C@H]3CC[C@@]4(C)C(=CC[C@H]5[C@H]6CC[C@H]([C@H](C)CCCC(C)C)[C@@]6(C)CC[C@@H]54)C3)ccc12. The summed E-state index contributed by atoms with van der Waals surface area (Å²) >= 11 is 0. The van der Waals surface area contributed by atoms with E-state index in [1.807, 2.05) is 12.1 Å². The second-order valence-corrected chi connectivity index (χ2v) is 16.4. The van der Waals surface area contributed by atoms with E-state index in [0.717, 1.165) is 78.6 Å². The third-order valence-electron chi connectivity index (χ3n) is 13.2. The van der Waals surface area contributed by atoms with Crippen molar-refractivity contribution >= 4 is 16.9 Å². The summed E-state index contributed by atoms with van der Waals surface area (Å²) in [7, 11) is 0. The number of fused-ring (bicyclic) bond motifs is 6. The first-order valence-corrected chi connectivity index (χ1v) is 18.6. The van der Waals surface area contributed by atoms with Crippen molar-refractivity contribution in [2.24, 2.45) is 46.3 Å². The minimum atomic E-state index is -0.364. The van der Waals surface area contributed by atoms with Crippen LogP contribution in [-0.2, 0) is 16.0 Å². The average Bonchev–Trinajstić information content (AvgIpc) is 3.37. The Morgan fingerprint density at radius 3 is 2.63 bits per heavy atom. The van der Waals surface area contributed by atoms with E-state index in [1.54, 1.807) is 12.1 Å². The van der Waals surface area contributed by atoms with Gasteiger partial charge < -0.3 is 13.9 Å². The summed E-state index contributed by atoms with van der Waals surface area (Å²) in [5, 5.41) is 0.909. The van der Waals surface area contributed by atoms with Gasteiger partial charge in [-0.05, 0) is 115 Å². The van der Waals surface area contributed by atoms with Crippen molar-refractivity contribution in [3.8, 4) is 5.75 Å². The first kappa shape index (κ1) is 33.3. The predicted octanol–water partition coefficient (Wildman–Crippen LogP) is 10.1. The molecule has 4 aliphatic carbocycles. The zero-order chi connectivity index (χ0) is 32.6. The molecule has 5 nitrogen and oxygen atoms in total. The third kappa shape index (κ3) is 6.46. The molecule has 0 unspecified atom stereocenters. The van der Waals surface area contributed by atoms with Crippen LogP contribution in [0.15, 0.2) is 45.1 Å². The molecule has 0 saturated heterocycles. The Morgan fingerprint density at radius 2 is 1.85 bits per heavy atom. The minimum absolute atomic E-state index is 0.0883. The fraction of sp³-hybridized carbons (Fsp3) is 0.707. The van der Waals surface area contributed by atoms with Crippen molar-refractivity contribution in [2.75, 3.05) is 6.61 Å². The largest absolute Gasteiger partial charge is 0.482 e. The van der Waals surface area contributed by atoms with Gasteiger partial charge in [0, 0.05) is 23.9 Å². The summed E-state index contributed by atoms with van der Waals surface area (Å²) in [6, 6.07) is 7.00. The number of aryl methyl sites for hydroxylation is 1. The van der Waals surface area contributed by atoms with E-state index in [2.05, 4.69) is 47.6 Å². The summed E-state index contributed by atoms with van der Waals surface area (Å²) < 4.78 is 17.2. The van der Waals surface area contributed by atoms with Crippen LogP contribution in [0.3, 0.4) is 0 Å². The van der Waals surface area contributed by atoms with Crippen LogP contribution < -0.4 is 10.4 Å². The van der Waals surface area contributed by atoms with Crippen LogP contribution in [0.2, 0.25) is 0 Å². The Hall–Kier alpha value is -2.56. The molecule has 0 N–H and O–H groups in total. The number of hydrogen-bond acceptors (Lipinski definition) is 5. The van der Waals surface area contributed by atoms with Gasteiger partial charge in [0.1, 0.15) is 17.4 Å². The molecular weight excluding hydrogens is 572 g/mol. The van der Waals surface area contributed by atoms with Crippen LogP contribution >= 0.6 is 0 Å². The van der Waals surface area contributed by atoms with E-state index in [-0.39, 0.29) is 29.7 Å². The standard InChI is InChI=1S/C41H58O5/c1-7-9-28-22-38(42)46-37-24-30(13-15-32(28)37)44-25-39(43)45-31-18-20-40(5)29(23-31)12-14-33-35-17-16-34(27(4)11-8-10-26(2)3)41(35,6)21-19-36(33)40/h12-13,15,22,24,26-27,31,33-36H,7-11,14,16-21,23,25H2,1-6H3/t27-,31+,33+,34-,35-,36+,40+,41-/m1/s1. The Kier molecular flexibility index (Phi) is 9.80. The van der Waals surface area contributed by atoms with Crippen molar-refractivity contribution < 1.29 is 18.7 Å². The monoisotopic (exact) mass is 630 g/mol. The van der Waals surface area contributed by atoms with Crippen molar-refractivity contribution in [3.05, 3.63) is 51.9 Å². The molecule has 0 spiro atoms. The van der Waals surface area contributed by atoms with Crippen LogP contribution in [0.25, 0.3) is 11.0 Å². The maximum Gasteiger partial charge on any atom is 0.344 e. The Bertz CT molecular complexity index is 1490. The summed E-state index contributed by atoms with van der Waals surface area (Å²) in [5.74, 6) is 5.11. The number of carbonyl (C=O) groups excluding carboxylic acids is 1. The van der Waals surface area contributed by atoms with Crippen LogP contribution in [0.4, 0.5) is 0 Å². The van der Waals surface area contributed by atoms with E-state index in [1.165, 1.54) is 56.9 Å². The van der Waals surface area contributed by atoms with E-state index in [0.29, 0.717) is 16.7 Å². The zero-order valence-corrected chi connectivity index (χ0v) is 29.4. The maximum atomic E-state index is 12.9. The van der Waals surface area contributed by atoms with Crippen LogP contribution in [0.1, 0.15) is 124 Å². The van der Waals surface area contributed by atoms with Crippen molar-refractivity contribution in [3.63, 3.8) is 0 Å². The molecule has 3 saturated carbocycles. The molecular formula is C41H58O5. The number of rotatable bonds is 11. The van der Waals surface area contributed by atoms with Gasteiger partial charge >= 0.3 is 11.6 Å². The number of benzene rings is 1. The highest BCUT2D eigenvalue weighted by molar-refractivity contribution is 5.81. The Balaban J connectivity index is 1.05. The zero-order valence-electron chi connectivity index (χ0n) is 29.4. The van der Waals surface area contributed by atoms with E-state index < -0.39 is 0 Å². The fourth-order valence-corrected chi connectivity index (χ4v) is 10.9. The topological polar surface area (TPSA) is 65.7 Å². The highest BCUT2D eigenvalue weighted by Gasteiger charge is 2.59. The van der Waals surface area contributed by atoms with Gasteiger partial charge in [0.2, 0.25) is 0 Å². The smallest absolute Gasteiger partial charge is 0.344 e. The second-order valence-electron chi connectivity index (χ2n) is 16.4. The number of hydrogen-bond donors (Lipinski definition) is 0. The van der Waals surface area contributed by atoms with Crippen LogP contribution in [-0.4, -0.2) is 18.7 Å². The number of allylic oxidation sites excluding steroid dienone is 1. The molecule has 0 bridgehead atoms. The molecule has 5 heteroatoms. The van der Waals surface area contributed by atoms with E-state index in [4.69, 9.17) is 13.9 Å². The molecule has 1 aromatic carbocycles. The Labute approximate surface area is 276 Å². The first-order valence-electron chi connectivity index (χ1n) is 18.6. The normalized spacial score (nSPS) is 32.8. The van der Waals surface area contributed by atoms with Gasteiger partial charge in [-0.1, -0.05) is 78.9 Å². The lowest BCUT2D eigenvalue weighted by atomic mass is 9.47. The van der Waals surface area contributed by atoms with Crippen molar-refractivity contribution in [2.45, 2.75) is 131 Å². The molecule has 4 aliphatic rings. The van der Waals surface area contributed by atoms with Gasteiger partial charge in [0.25, 0.3) is 0 Å². The summed E-state index contributed by atoms with van der Waals surface area (Å²) in [6.45, 7) is 14.4. The van der Waals surface area contributed by atoms with Crippen LogP contribution in [0, 0.1) is 46.3 Å². The summed E-state index contributed by atoms with van der Waals surface area (Å²) in [5.41, 5.74) is 3.37. The first-order chi connectivity index (χ1) is 22.0. The highest BCUT2D eigenvalue weighted by Crippen LogP contribution is 2.67. The molecule has 0 radical (unpaired) electrons. The molecule has 8 atom stereocenters. The van der Waals surface area contributed by atoms with Gasteiger partial charge in [-0.3, -0.25) is 0 Å². The lowest BCUT2D eigenvalue weighted by Gasteiger charge is -2.58. The second kappa shape index (κ2) is 13.5. The average molecular weight is 631 g/mol.